The lowest BCUT2D eigenvalue weighted by molar-refractivity contribution is 0.0658. The lowest BCUT2D eigenvalue weighted by Gasteiger charge is -2.15. The molecule has 1 aromatic rings. The largest absolute Gasteiger partial charge is 0.376 e. The van der Waals surface area contributed by atoms with Crippen molar-refractivity contribution in [2.24, 2.45) is 0 Å². The van der Waals surface area contributed by atoms with Crippen LogP contribution >= 0.6 is 0 Å². The molecule has 1 heterocycles. The van der Waals surface area contributed by atoms with Crippen molar-refractivity contribution >= 4 is 11.6 Å². The first-order valence-electron chi connectivity index (χ1n) is 8.28. The summed E-state index contributed by atoms with van der Waals surface area (Å²) < 4.78 is 5.88. The molecule has 1 fully saturated rings. The molecule has 0 amide bonds. The summed E-state index contributed by atoms with van der Waals surface area (Å²) in [6.07, 6.45) is 9.24. The normalized spacial score (nSPS) is 15.3. The van der Waals surface area contributed by atoms with Gasteiger partial charge in [0.25, 0.3) is 0 Å². The van der Waals surface area contributed by atoms with Crippen LogP contribution in [-0.4, -0.2) is 35.8 Å². The van der Waals surface area contributed by atoms with Crippen molar-refractivity contribution in [3.63, 3.8) is 0 Å². The number of hydrogen-bond donors (Lipinski definition) is 2. The lowest BCUT2D eigenvalue weighted by atomic mass is 10.1. The third-order valence-corrected chi connectivity index (χ3v) is 3.84. The van der Waals surface area contributed by atoms with Crippen LogP contribution in [0, 0.1) is 0 Å². The summed E-state index contributed by atoms with van der Waals surface area (Å²) in [5.74, 6) is 1.89. The molecule has 2 N–H and O–H groups in total. The SMILES string of the molecule is CCCc1c(NCC)ncnc1NCCOC1CCCC1. The highest BCUT2D eigenvalue weighted by molar-refractivity contribution is 5.57. The second-order valence-electron chi connectivity index (χ2n) is 5.53. The molecule has 5 nitrogen and oxygen atoms in total. The first-order valence-corrected chi connectivity index (χ1v) is 8.28. The summed E-state index contributed by atoms with van der Waals surface area (Å²) >= 11 is 0. The maximum atomic E-state index is 5.88. The van der Waals surface area contributed by atoms with E-state index in [2.05, 4.69) is 34.4 Å². The summed E-state index contributed by atoms with van der Waals surface area (Å²) in [5, 5.41) is 6.72. The molecule has 1 saturated carbocycles. The molecular formula is C16H28N4O. The van der Waals surface area contributed by atoms with Crippen molar-refractivity contribution in [3.8, 4) is 0 Å². The van der Waals surface area contributed by atoms with E-state index in [9.17, 15) is 0 Å². The standard InChI is InChI=1S/C16H28N4O/c1-3-7-14-15(17-4-2)19-12-20-16(14)18-10-11-21-13-8-5-6-9-13/h12-13H,3-11H2,1-2H3,(H2,17,18,19,20). The van der Waals surface area contributed by atoms with Crippen LogP contribution in [0.3, 0.4) is 0 Å². The van der Waals surface area contributed by atoms with Crippen molar-refractivity contribution in [1.82, 2.24) is 9.97 Å². The molecule has 0 saturated heterocycles. The van der Waals surface area contributed by atoms with Crippen molar-refractivity contribution in [3.05, 3.63) is 11.9 Å². The molecule has 0 aliphatic heterocycles. The van der Waals surface area contributed by atoms with Gasteiger partial charge in [-0.2, -0.15) is 0 Å². The molecule has 1 aliphatic rings. The summed E-state index contributed by atoms with van der Waals surface area (Å²) in [5.41, 5.74) is 1.18. The minimum absolute atomic E-state index is 0.477. The van der Waals surface area contributed by atoms with Crippen LogP contribution in [0.15, 0.2) is 6.33 Å². The number of aromatic nitrogens is 2. The smallest absolute Gasteiger partial charge is 0.134 e. The predicted octanol–water partition coefficient (Wildman–Crippen LogP) is 3.23. The van der Waals surface area contributed by atoms with E-state index in [0.29, 0.717) is 6.10 Å². The third kappa shape index (κ3) is 4.84. The van der Waals surface area contributed by atoms with Gasteiger partial charge in [0.15, 0.2) is 0 Å². The highest BCUT2D eigenvalue weighted by Crippen LogP contribution is 2.22. The van der Waals surface area contributed by atoms with Gasteiger partial charge in [0.2, 0.25) is 0 Å². The fourth-order valence-corrected chi connectivity index (χ4v) is 2.82. The Labute approximate surface area is 127 Å². The fraction of sp³-hybridized carbons (Fsp3) is 0.750. The van der Waals surface area contributed by atoms with Crippen LogP contribution in [0.5, 0.6) is 0 Å². The molecule has 1 aromatic heterocycles. The van der Waals surface area contributed by atoms with E-state index in [1.165, 1.54) is 31.2 Å². The number of ether oxygens (including phenoxy) is 1. The van der Waals surface area contributed by atoms with Crippen molar-refractivity contribution in [2.45, 2.75) is 58.5 Å². The first-order chi connectivity index (χ1) is 10.3. The number of rotatable bonds is 9. The van der Waals surface area contributed by atoms with Crippen LogP contribution in [0.4, 0.5) is 11.6 Å². The molecule has 0 unspecified atom stereocenters. The van der Waals surface area contributed by atoms with Gasteiger partial charge in [0.05, 0.1) is 12.7 Å². The van der Waals surface area contributed by atoms with Crippen LogP contribution in [0.25, 0.3) is 0 Å². The zero-order chi connectivity index (χ0) is 14.9. The van der Waals surface area contributed by atoms with Crippen molar-refractivity contribution in [2.75, 3.05) is 30.3 Å². The third-order valence-electron chi connectivity index (χ3n) is 3.84. The van der Waals surface area contributed by atoms with E-state index in [0.717, 1.165) is 44.2 Å². The number of anilines is 2. The van der Waals surface area contributed by atoms with Gasteiger partial charge < -0.3 is 15.4 Å². The summed E-state index contributed by atoms with van der Waals surface area (Å²) in [7, 11) is 0. The number of nitrogens with zero attached hydrogens (tertiary/aromatic N) is 2. The molecule has 0 bridgehead atoms. The maximum absolute atomic E-state index is 5.88. The molecule has 1 aliphatic carbocycles. The van der Waals surface area contributed by atoms with Crippen LogP contribution in [0.2, 0.25) is 0 Å². The molecule has 0 aromatic carbocycles. The van der Waals surface area contributed by atoms with Gasteiger partial charge >= 0.3 is 0 Å². The van der Waals surface area contributed by atoms with Crippen molar-refractivity contribution in [1.29, 1.82) is 0 Å². The Bertz CT molecular complexity index is 419. The monoisotopic (exact) mass is 292 g/mol. The second kappa shape index (κ2) is 8.82. The quantitative estimate of drug-likeness (QED) is 0.684. The molecule has 0 radical (unpaired) electrons. The molecule has 0 spiro atoms. The van der Waals surface area contributed by atoms with Crippen LogP contribution < -0.4 is 10.6 Å². The molecule has 0 atom stereocenters. The Morgan fingerprint density at radius 2 is 1.86 bits per heavy atom. The van der Waals surface area contributed by atoms with E-state index in [4.69, 9.17) is 4.74 Å². The molecule has 5 heteroatoms. The van der Waals surface area contributed by atoms with Crippen LogP contribution in [-0.2, 0) is 11.2 Å². The van der Waals surface area contributed by atoms with Gasteiger partial charge in [-0.1, -0.05) is 26.2 Å². The highest BCUT2D eigenvalue weighted by Gasteiger charge is 2.15. The predicted molar refractivity (Wildman–Crippen MR) is 86.9 cm³/mol. The van der Waals surface area contributed by atoms with Gasteiger partial charge in [0, 0.05) is 18.7 Å². The van der Waals surface area contributed by atoms with Gasteiger partial charge in [0.1, 0.15) is 18.0 Å². The topological polar surface area (TPSA) is 59.1 Å². The van der Waals surface area contributed by atoms with Gasteiger partial charge in [-0.25, -0.2) is 9.97 Å². The fourth-order valence-electron chi connectivity index (χ4n) is 2.82. The Morgan fingerprint density at radius 3 is 2.52 bits per heavy atom. The highest BCUT2D eigenvalue weighted by atomic mass is 16.5. The Kier molecular flexibility index (Phi) is 6.73. The summed E-state index contributed by atoms with van der Waals surface area (Å²) in [6.45, 7) is 6.68. The number of nitrogens with one attached hydrogen (secondary N) is 2. The van der Waals surface area contributed by atoms with E-state index >= 15 is 0 Å². The van der Waals surface area contributed by atoms with Gasteiger partial charge in [-0.3, -0.25) is 0 Å². The molecule has 118 valence electrons. The summed E-state index contributed by atoms with van der Waals surface area (Å²) in [6, 6.07) is 0. The maximum Gasteiger partial charge on any atom is 0.134 e. The molecule has 2 rings (SSSR count). The average molecular weight is 292 g/mol. The van der Waals surface area contributed by atoms with Crippen LogP contribution in [0.1, 0.15) is 51.5 Å². The molecule has 21 heavy (non-hydrogen) atoms. The zero-order valence-electron chi connectivity index (χ0n) is 13.3. The Hall–Kier alpha value is -1.36. The lowest BCUT2D eigenvalue weighted by Crippen LogP contribution is -2.17. The van der Waals surface area contributed by atoms with E-state index < -0.39 is 0 Å². The van der Waals surface area contributed by atoms with E-state index in [1.807, 2.05) is 0 Å². The van der Waals surface area contributed by atoms with Crippen molar-refractivity contribution < 1.29 is 4.74 Å². The minimum atomic E-state index is 0.477. The second-order valence-corrected chi connectivity index (χ2v) is 5.53. The Morgan fingerprint density at radius 1 is 1.14 bits per heavy atom. The molecular weight excluding hydrogens is 264 g/mol. The zero-order valence-corrected chi connectivity index (χ0v) is 13.3. The summed E-state index contributed by atoms with van der Waals surface area (Å²) in [4.78, 5) is 8.74. The van der Waals surface area contributed by atoms with E-state index in [1.54, 1.807) is 6.33 Å². The number of hydrogen-bond acceptors (Lipinski definition) is 5. The van der Waals surface area contributed by atoms with Gasteiger partial charge in [-0.15, -0.1) is 0 Å². The van der Waals surface area contributed by atoms with Gasteiger partial charge in [-0.05, 0) is 26.2 Å². The Balaban J connectivity index is 1.86. The van der Waals surface area contributed by atoms with E-state index in [-0.39, 0.29) is 0 Å². The minimum Gasteiger partial charge on any atom is -0.376 e. The first kappa shape index (κ1) is 16.0. The average Bonchev–Trinajstić information content (AvgIpc) is 3.00.